The van der Waals surface area contributed by atoms with E-state index in [2.05, 4.69) is 10.1 Å². The lowest BCUT2D eigenvalue weighted by molar-refractivity contribution is 0.563. The number of aliphatic imine (C=N–C) groups is 1. The number of hydrogen-bond donors (Lipinski definition) is 0. The minimum Gasteiger partial charge on any atom is -0.239 e. The Labute approximate surface area is 97.2 Å². The summed E-state index contributed by atoms with van der Waals surface area (Å²) in [4.78, 5) is 13.4. The highest BCUT2D eigenvalue weighted by Crippen LogP contribution is 2.13. The molecule has 0 aliphatic heterocycles. The zero-order valence-corrected chi connectivity index (χ0v) is 9.05. The fourth-order valence-corrected chi connectivity index (χ4v) is 1.46. The standard InChI is InChI=1S/C11H8ClN3O/c12-10-6-14-15(7-10)11-3-1-9(2-4-11)5-13-8-16/h1-4,6-7H,5H2. The van der Waals surface area contributed by atoms with Crippen LogP contribution in [0.15, 0.2) is 41.7 Å². The summed E-state index contributed by atoms with van der Waals surface area (Å²) in [7, 11) is 0. The van der Waals surface area contributed by atoms with Gasteiger partial charge in [0, 0.05) is 6.20 Å². The van der Waals surface area contributed by atoms with Gasteiger partial charge in [0.15, 0.2) is 0 Å². The predicted molar refractivity (Wildman–Crippen MR) is 60.4 cm³/mol. The monoisotopic (exact) mass is 233 g/mol. The number of carbonyl (C=O) groups excluding carboxylic acids is 1. The number of rotatable bonds is 3. The van der Waals surface area contributed by atoms with Crippen LogP contribution in [0, 0.1) is 0 Å². The fourth-order valence-electron chi connectivity index (χ4n) is 1.32. The molecule has 0 fully saturated rings. The highest BCUT2D eigenvalue weighted by molar-refractivity contribution is 6.30. The van der Waals surface area contributed by atoms with Crippen molar-refractivity contribution in [2.45, 2.75) is 6.54 Å². The van der Waals surface area contributed by atoms with E-state index in [1.54, 1.807) is 17.1 Å². The highest BCUT2D eigenvalue weighted by atomic mass is 35.5. The number of nitrogens with zero attached hydrogens (tertiary/aromatic N) is 3. The minimum absolute atomic E-state index is 0.351. The second kappa shape index (κ2) is 4.75. The van der Waals surface area contributed by atoms with Crippen LogP contribution in [0.3, 0.4) is 0 Å². The zero-order valence-electron chi connectivity index (χ0n) is 8.30. The Morgan fingerprint density at radius 1 is 1.38 bits per heavy atom. The van der Waals surface area contributed by atoms with Crippen molar-refractivity contribution in [1.29, 1.82) is 0 Å². The molecule has 0 amide bonds. The molecule has 0 bridgehead atoms. The smallest absolute Gasteiger partial charge is 0.235 e. The number of hydrogen-bond acceptors (Lipinski definition) is 3. The van der Waals surface area contributed by atoms with E-state index >= 15 is 0 Å². The molecule has 5 heteroatoms. The van der Waals surface area contributed by atoms with Crippen molar-refractivity contribution >= 4 is 17.7 Å². The Hall–Kier alpha value is -1.90. The Kier molecular flexibility index (Phi) is 3.15. The lowest BCUT2D eigenvalue weighted by Gasteiger charge is -2.01. The maximum Gasteiger partial charge on any atom is 0.235 e. The maximum atomic E-state index is 9.95. The molecule has 0 radical (unpaired) electrons. The third kappa shape index (κ3) is 2.37. The van der Waals surface area contributed by atoms with Gasteiger partial charge >= 0.3 is 0 Å². The summed E-state index contributed by atoms with van der Waals surface area (Å²) < 4.78 is 1.68. The van der Waals surface area contributed by atoms with Crippen LogP contribution < -0.4 is 0 Å². The largest absolute Gasteiger partial charge is 0.239 e. The van der Waals surface area contributed by atoms with E-state index in [1.807, 2.05) is 24.3 Å². The van der Waals surface area contributed by atoms with Crippen LogP contribution in [-0.2, 0) is 11.3 Å². The van der Waals surface area contributed by atoms with Crippen molar-refractivity contribution in [2.24, 2.45) is 4.99 Å². The molecular formula is C11H8ClN3O. The van der Waals surface area contributed by atoms with E-state index in [9.17, 15) is 4.79 Å². The second-order valence-corrected chi connectivity index (χ2v) is 3.61. The molecule has 0 aliphatic carbocycles. The van der Waals surface area contributed by atoms with Gasteiger partial charge in [0.2, 0.25) is 6.08 Å². The molecule has 16 heavy (non-hydrogen) atoms. The molecule has 1 aromatic heterocycles. The van der Waals surface area contributed by atoms with Crippen LogP contribution in [0.5, 0.6) is 0 Å². The second-order valence-electron chi connectivity index (χ2n) is 3.18. The molecule has 0 saturated carbocycles. The van der Waals surface area contributed by atoms with E-state index in [1.165, 1.54) is 6.08 Å². The summed E-state index contributed by atoms with van der Waals surface area (Å²) in [5, 5.41) is 4.67. The van der Waals surface area contributed by atoms with E-state index in [4.69, 9.17) is 11.6 Å². The van der Waals surface area contributed by atoms with Crippen LogP contribution in [0.25, 0.3) is 5.69 Å². The summed E-state index contributed by atoms with van der Waals surface area (Å²) in [6, 6.07) is 7.54. The summed E-state index contributed by atoms with van der Waals surface area (Å²) in [6.07, 6.45) is 4.80. The van der Waals surface area contributed by atoms with Crippen LogP contribution in [0.2, 0.25) is 5.02 Å². The third-order valence-electron chi connectivity index (χ3n) is 2.08. The van der Waals surface area contributed by atoms with Crippen molar-refractivity contribution < 1.29 is 4.79 Å². The lowest BCUT2D eigenvalue weighted by Crippen LogP contribution is -1.94. The van der Waals surface area contributed by atoms with E-state index in [-0.39, 0.29) is 0 Å². The Morgan fingerprint density at radius 3 is 2.69 bits per heavy atom. The normalized spacial score (nSPS) is 9.81. The van der Waals surface area contributed by atoms with Crippen LogP contribution in [0.4, 0.5) is 0 Å². The van der Waals surface area contributed by atoms with Gasteiger partial charge in [0.25, 0.3) is 0 Å². The molecule has 0 N–H and O–H groups in total. The first-order valence-corrected chi connectivity index (χ1v) is 5.00. The molecule has 1 aromatic carbocycles. The van der Waals surface area contributed by atoms with Crippen molar-refractivity contribution in [1.82, 2.24) is 9.78 Å². The summed E-state index contributed by atoms with van der Waals surface area (Å²) in [6.45, 7) is 0.351. The number of aromatic nitrogens is 2. The molecule has 2 aromatic rings. The van der Waals surface area contributed by atoms with Crippen molar-refractivity contribution in [3.8, 4) is 5.69 Å². The first kappa shape index (κ1) is 10.6. The van der Waals surface area contributed by atoms with E-state index < -0.39 is 0 Å². The molecule has 0 unspecified atom stereocenters. The van der Waals surface area contributed by atoms with Gasteiger partial charge in [-0.25, -0.2) is 14.5 Å². The molecule has 2 rings (SSSR count). The van der Waals surface area contributed by atoms with Gasteiger partial charge in [0.1, 0.15) is 0 Å². The van der Waals surface area contributed by atoms with E-state index in [0.29, 0.717) is 11.6 Å². The Bertz CT molecular complexity index is 526. The van der Waals surface area contributed by atoms with Crippen molar-refractivity contribution in [3.05, 3.63) is 47.2 Å². The van der Waals surface area contributed by atoms with Crippen LogP contribution >= 0.6 is 11.6 Å². The SMILES string of the molecule is O=C=NCc1ccc(-n2cc(Cl)cn2)cc1. The van der Waals surface area contributed by atoms with Gasteiger partial charge in [-0.15, -0.1) is 0 Å². The highest BCUT2D eigenvalue weighted by Gasteiger charge is 1.99. The van der Waals surface area contributed by atoms with Gasteiger partial charge in [-0.2, -0.15) is 5.10 Å². The third-order valence-corrected chi connectivity index (χ3v) is 2.27. The molecule has 0 spiro atoms. The first-order chi connectivity index (χ1) is 7.79. The molecule has 80 valence electrons. The van der Waals surface area contributed by atoms with E-state index in [0.717, 1.165) is 11.3 Å². The number of isocyanates is 1. The average molecular weight is 234 g/mol. The Morgan fingerprint density at radius 2 is 2.12 bits per heavy atom. The van der Waals surface area contributed by atoms with Gasteiger partial charge < -0.3 is 0 Å². The topological polar surface area (TPSA) is 47.2 Å². The zero-order chi connectivity index (χ0) is 11.4. The molecular weight excluding hydrogens is 226 g/mol. The quantitative estimate of drug-likeness (QED) is 0.604. The van der Waals surface area contributed by atoms with Crippen LogP contribution in [0.1, 0.15) is 5.56 Å². The van der Waals surface area contributed by atoms with Crippen LogP contribution in [-0.4, -0.2) is 15.9 Å². The van der Waals surface area contributed by atoms with Crippen molar-refractivity contribution in [3.63, 3.8) is 0 Å². The average Bonchev–Trinajstić information content (AvgIpc) is 2.74. The first-order valence-electron chi connectivity index (χ1n) is 4.63. The molecule has 4 nitrogen and oxygen atoms in total. The van der Waals surface area contributed by atoms with Gasteiger partial charge in [-0.05, 0) is 17.7 Å². The molecule has 0 aliphatic rings. The Balaban J connectivity index is 2.22. The molecule has 0 atom stereocenters. The minimum atomic E-state index is 0.351. The summed E-state index contributed by atoms with van der Waals surface area (Å²) >= 11 is 5.77. The van der Waals surface area contributed by atoms with Crippen molar-refractivity contribution in [2.75, 3.05) is 0 Å². The number of benzene rings is 1. The molecule has 1 heterocycles. The van der Waals surface area contributed by atoms with Gasteiger partial charge in [-0.1, -0.05) is 23.7 Å². The summed E-state index contributed by atoms with van der Waals surface area (Å²) in [5.74, 6) is 0. The van der Waals surface area contributed by atoms with Gasteiger partial charge in [-0.3, -0.25) is 0 Å². The lowest BCUT2D eigenvalue weighted by atomic mass is 10.2. The fraction of sp³-hybridized carbons (Fsp3) is 0.0909. The maximum absolute atomic E-state index is 9.95. The predicted octanol–water partition coefficient (Wildman–Crippen LogP) is 2.36. The molecule has 0 saturated heterocycles. The number of halogens is 1. The summed E-state index contributed by atoms with van der Waals surface area (Å²) in [5.41, 5.74) is 1.86. The van der Waals surface area contributed by atoms with Gasteiger partial charge in [0.05, 0.1) is 23.5 Å².